The normalized spacial score (nSPS) is 10.5. The first kappa shape index (κ1) is 16.5. The van der Waals surface area contributed by atoms with Crippen molar-refractivity contribution in [3.8, 4) is 5.75 Å². The fourth-order valence-electron chi connectivity index (χ4n) is 1.83. The number of rotatable bonds is 5. The molecule has 0 radical (unpaired) electrons. The fourth-order valence-corrected chi connectivity index (χ4v) is 1.95. The minimum atomic E-state index is -0.543. The van der Waals surface area contributed by atoms with Gasteiger partial charge >= 0.3 is 0 Å². The lowest BCUT2D eigenvalue weighted by Crippen LogP contribution is -2.09. The number of nitro groups is 1. The number of nitrogens with zero attached hydrogens (tertiary/aromatic N) is 1. The zero-order valence-electron chi connectivity index (χ0n) is 12.2. The lowest BCUT2D eigenvalue weighted by atomic mass is 10.2. The van der Waals surface area contributed by atoms with Crippen molar-refractivity contribution in [1.29, 1.82) is 0 Å². The standard InChI is InChI=1S/C16H13ClN2O4/c1-23-15-8-7-13(19(21)22)10-14(15)18-16(20)9-4-11-2-5-12(17)6-3-11/h2-10H,1H3,(H,18,20). The maximum Gasteiger partial charge on any atom is 0.271 e. The minimum absolute atomic E-state index is 0.136. The van der Waals surface area contributed by atoms with Gasteiger partial charge in [0.25, 0.3) is 5.69 Å². The van der Waals surface area contributed by atoms with Crippen molar-refractivity contribution >= 4 is 35.0 Å². The fraction of sp³-hybridized carbons (Fsp3) is 0.0625. The van der Waals surface area contributed by atoms with Crippen LogP contribution in [0.4, 0.5) is 11.4 Å². The Morgan fingerprint density at radius 1 is 1.26 bits per heavy atom. The van der Waals surface area contributed by atoms with Crippen LogP contribution >= 0.6 is 11.6 Å². The summed E-state index contributed by atoms with van der Waals surface area (Å²) in [5.41, 5.74) is 0.894. The summed E-state index contributed by atoms with van der Waals surface area (Å²) in [7, 11) is 1.42. The van der Waals surface area contributed by atoms with Gasteiger partial charge in [0.15, 0.2) is 0 Å². The minimum Gasteiger partial charge on any atom is -0.495 e. The number of carbonyl (C=O) groups is 1. The molecule has 2 aromatic rings. The second kappa shape index (κ2) is 7.42. The molecule has 2 rings (SSSR count). The molecule has 7 heteroatoms. The Kier molecular flexibility index (Phi) is 5.32. The molecule has 0 unspecified atom stereocenters. The predicted octanol–water partition coefficient (Wildman–Crippen LogP) is 3.91. The maximum atomic E-state index is 12.0. The lowest BCUT2D eigenvalue weighted by Gasteiger charge is -2.08. The summed E-state index contributed by atoms with van der Waals surface area (Å²) in [6.07, 6.45) is 2.93. The molecular formula is C16H13ClN2O4. The first-order chi connectivity index (χ1) is 11.0. The third-order valence-electron chi connectivity index (χ3n) is 2.95. The second-order valence-corrected chi connectivity index (χ2v) is 4.95. The van der Waals surface area contributed by atoms with Crippen molar-refractivity contribution in [2.24, 2.45) is 0 Å². The molecule has 0 aliphatic heterocycles. The average molecular weight is 333 g/mol. The van der Waals surface area contributed by atoms with Crippen molar-refractivity contribution in [2.75, 3.05) is 12.4 Å². The van der Waals surface area contributed by atoms with E-state index in [1.807, 2.05) is 0 Å². The topological polar surface area (TPSA) is 81.5 Å². The van der Waals surface area contributed by atoms with Crippen LogP contribution in [-0.4, -0.2) is 17.9 Å². The monoisotopic (exact) mass is 332 g/mol. The predicted molar refractivity (Wildman–Crippen MR) is 88.8 cm³/mol. The summed E-state index contributed by atoms with van der Waals surface area (Å²) in [5, 5.41) is 14.0. The molecule has 0 spiro atoms. The van der Waals surface area contributed by atoms with Gasteiger partial charge in [0.05, 0.1) is 17.7 Å². The van der Waals surface area contributed by atoms with E-state index in [-0.39, 0.29) is 11.4 Å². The van der Waals surface area contributed by atoms with Crippen molar-refractivity contribution < 1.29 is 14.5 Å². The summed E-state index contributed by atoms with van der Waals surface area (Å²) in [4.78, 5) is 22.2. The highest BCUT2D eigenvalue weighted by Crippen LogP contribution is 2.28. The number of anilines is 1. The number of non-ortho nitro benzene ring substituents is 1. The number of amides is 1. The van der Waals surface area contributed by atoms with Gasteiger partial charge in [-0.2, -0.15) is 0 Å². The molecule has 0 aromatic heterocycles. The number of nitrogens with one attached hydrogen (secondary N) is 1. The zero-order valence-corrected chi connectivity index (χ0v) is 12.9. The van der Waals surface area contributed by atoms with Crippen LogP contribution < -0.4 is 10.1 Å². The van der Waals surface area contributed by atoms with Gasteiger partial charge in [-0.25, -0.2) is 0 Å². The van der Waals surface area contributed by atoms with Crippen LogP contribution in [0.15, 0.2) is 48.5 Å². The molecule has 0 aliphatic rings. The smallest absolute Gasteiger partial charge is 0.271 e. The lowest BCUT2D eigenvalue weighted by molar-refractivity contribution is -0.384. The van der Waals surface area contributed by atoms with Gasteiger partial charge in [0.2, 0.25) is 5.91 Å². The summed E-state index contributed by atoms with van der Waals surface area (Å²) < 4.78 is 5.08. The Balaban J connectivity index is 2.14. The van der Waals surface area contributed by atoms with Crippen molar-refractivity contribution in [1.82, 2.24) is 0 Å². The second-order valence-electron chi connectivity index (χ2n) is 4.52. The highest BCUT2D eigenvalue weighted by atomic mass is 35.5. The number of halogens is 1. The summed E-state index contributed by atoms with van der Waals surface area (Å²) in [6.45, 7) is 0. The van der Waals surface area contributed by atoms with Gasteiger partial charge in [-0.05, 0) is 29.8 Å². The Hall–Kier alpha value is -2.86. The molecule has 0 atom stereocenters. The van der Waals surface area contributed by atoms with Gasteiger partial charge in [0, 0.05) is 23.2 Å². The number of ether oxygens (including phenoxy) is 1. The average Bonchev–Trinajstić information content (AvgIpc) is 2.54. The van der Waals surface area contributed by atoms with E-state index < -0.39 is 10.8 Å². The van der Waals surface area contributed by atoms with Crippen molar-refractivity contribution in [3.63, 3.8) is 0 Å². The SMILES string of the molecule is COc1ccc([N+](=O)[O-])cc1NC(=O)C=Cc1ccc(Cl)cc1. The highest BCUT2D eigenvalue weighted by molar-refractivity contribution is 6.30. The summed E-state index contributed by atoms with van der Waals surface area (Å²) in [5.74, 6) is -0.0948. The maximum absolute atomic E-state index is 12.0. The van der Waals surface area contributed by atoms with E-state index in [0.29, 0.717) is 10.8 Å². The van der Waals surface area contributed by atoms with Crippen LogP contribution in [0.3, 0.4) is 0 Å². The molecule has 2 aromatic carbocycles. The largest absolute Gasteiger partial charge is 0.495 e. The molecule has 6 nitrogen and oxygen atoms in total. The molecule has 0 saturated carbocycles. The number of hydrogen-bond acceptors (Lipinski definition) is 4. The van der Waals surface area contributed by atoms with Crippen molar-refractivity contribution in [2.45, 2.75) is 0 Å². The van der Waals surface area contributed by atoms with Crippen LogP contribution in [-0.2, 0) is 4.79 Å². The molecule has 23 heavy (non-hydrogen) atoms. The van der Waals surface area contributed by atoms with Gasteiger partial charge in [0.1, 0.15) is 5.75 Å². The van der Waals surface area contributed by atoms with Gasteiger partial charge in [-0.1, -0.05) is 23.7 Å². The Bertz CT molecular complexity index is 757. The van der Waals surface area contributed by atoms with E-state index in [1.54, 1.807) is 30.3 Å². The number of nitro benzene ring substituents is 1. The highest BCUT2D eigenvalue weighted by Gasteiger charge is 2.12. The molecule has 1 amide bonds. The number of benzene rings is 2. The van der Waals surface area contributed by atoms with Gasteiger partial charge in [-0.3, -0.25) is 14.9 Å². The number of methoxy groups -OCH3 is 1. The molecule has 1 N–H and O–H groups in total. The molecule has 118 valence electrons. The van der Waals surface area contributed by atoms with E-state index in [1.165, 1.54) is 31.4 Å². The van der Waals surface area contributed by atoms with Gasteiger partial charge in [-0.15, -0.1) is 0 Å². The number of carbonyl (C=O) groups excluding carboxylic acids is 1. The van der Waals surface area contributed by atoms with E-state index >= 15 is 0 Å². The third-order valence-corrected chi connectivity index (χ3v) is 3.20. The molecule has 0 heterocycles. The van der Waals surface area contributed by atoms with Crippen LogP contribution in [0.5, 0.6) is 5.75 Å². The molecule has 0 bridgehead atoms. The Labute approximate surface area is 137 Å². The summed E-state index contributed by atoms with van der Waals surface area (Å²) in [6, 6.07) is 10.9. The zero-order chi connectivity index (χ0) is 16.8. The van der Waals surface area contributed by atoms with Crippen molar-refractivity contribution in [3.05, 3.63) is 69.2 Å². The van der Waals surface area contributed by atoms with E-state index in [0.717, 1.165) is 5.56 Å². The van der Waals surface area contributed by atoms with Crippen LogP contribution in [0.2, 0.25) is 5.02 Å². The van der Waals surface area contributed by atoms with Gasteiger partial charge < -0.3 is 10.1 Å². The van der Waals surface area contributed by atoms with Crippen LogP contribution in [0.25, 0.3) is 6.08 Å². The Morgan fingerprint density at radius 2 is 1.96 bits per heavy atom. The molecule has 0 saturated heterocycles. The first-order valence-corrected chi connectivity index (χ1v) is 6.94. The number of hydrogen-bond donors (Lipinski definition) is 1. The quantitative estimate of drug-likeness (QED) is 0.511. The molecule has 0 aliphatic carbocycles. The van der Waals surface area contributed by atoms with E-state index in [9.17, 15) is 14.9 Å². The molecule has 0 fully saturated rings. The van der Waals surface area contributed by atoms with E-state index in [4.69, 9.17) is 16.3 Å². The van der Waals surface area contributed by atoms with Crippen LogP contribution in [0.1, 0.15) is 5.56 Å². The van der Waals surface area contributed by atoms with E-state index in [2.05, 4.69) is 5.32 Å². The third kappa shape index (κ3) is 4.55. The summed E-state index contributed by atoms with van der Waals surface area (Å²) >= 11 is 5.78. The molecular weight excluding hydrogens is 320 g/mol. The Morgan fingerprint density at radius 3 is 2.57 bits per heavy atom. The first-order valence-electron chi connectivity index (χ1n) is 6.56. The van der Waals surface area contributed by atoms with Crippen LogP contribution in [0, 0.1) is 10.1 Å².